The smallest absolute Gasteiger partial charge is 0.145 e. The molecule has 0 fully saturated rings. The Morgan fingerprint density at radius 1 is 0.475 bits per heavy atom. The molecule has 3 heterocycles. The second-order valence-electron chi connectivity index (χ2n) is 9.94. The van der Waals surface area contributed by atoms with E-state index >= 15 is 0 Å². The summed E-state index contributed by atoms with van der Waals surface area (Å²) in [6.07, 6.45) is 3.72. The van der Waals surface area contributed by atoms with Crippen molar-refractivity contribution in [2.75, 3.05) is 0 Å². The Labute approximate surface area is 231 Å². The molecule has 0 atom stereocenters. The van der Waals surface area contributed by atoms with Crippen LogP contribution in [-0.4, -0.2) is 19.1 Å². The second kappa shape index (κ2) is 9.07. The Morgan fingerprint density at radius 2 is 1.18 bits per heavy atom. The molecule has 0 saturated heterocycles. The van der Waals surface area contributed by atoms with Crippen LogP contribution >= 0.6 is 0 Å². The van der Waals surface area contributed by atoms with Crippen molar-refractivity contribution in [1.29, 1.82) is 0 Å². The number of pyridine rings is 1. The number of hydrogen-bond donors (Lipinski definition) is 0. The summed E-state index contributed by atoms with van der Waals surface area (Å²) in [4.78, 5) is 9.85. The van der Waals surface area contributed by atoms with Gasteiger partial charge >= 0.3 is 0 Å². The lowest BCUT2D eigenvalue weighted by atomic mass is 10.0. The van der Waals surface area contributed by atoms with Gasteiger partial charge in [-0.1, -0.05) is 84.9 Å². The molecular formula is C36H24N4. The van der Waals surface area contributed by atoms with Crippen LogP contribution in [-0.2, 0) is 0 Å². The fourth-order valence-electron chi connectivity index (χ4n) is 5.86. The second-order valence-corrected chi connectivity index (χ2v) is 9.94. The fourth-order valence-corrected chi connectivity index (χ4v) is 5.86. The molecule has 4 nitrogen and oxygen atoms in total. The first-order valence-electron chi connectivity index (χ1n) is 13.4. The molecule has 3 aromatic heterocycles. The van der Waals surface area contributed by atoms with Crippen LogP contribution in [0.5, 0.6) is 0 Å². The lowest BCUT2D eigenvalue weighted by Gasteiger charge is -2.11. The van der Waals surface area contributed by atoms with Crippen LogP contribution in [0.4, 0.5) is 0 Å². The Balaban J connectivity index is 1.47. The first-order chi connectivity index (χ1) is 19.9. The van der Waals surface area contributed by atoms with Crippen LogP contribution in [0.3, 0.4) is 0 Å². The first kappa shape index (κ1) is 22.5. The van der Waals surface area contributed by atoms with E-state index in [9.17, 15) is 0 Å². The summed E-state index contributed by atoms with van der Waals surface area (Å²) in [5.41, 5.74) is 9.85. The summed E-state index contributed by atoms with van der Waals surface area (Å²) in [5, 5.41) is 2.34. The van der Waals surface area contributed by atoms with Gasteiger partial charge in [-0.25, -0.2) is 4.98 Å². The Bertz CT molecular complexity index is 2140. The number of imidazole rings is 1. The quantitative estimate of drug-likeness (QED) is 0.236. The van der Waals surface area contributed by atoms with E-state index < -0.39 is 0 Å². The van der Waals surface area contributed by atoms with E-state index in [1.807, 2.05) is 24.5 Å². The van der Waals surface area contributed by atoms with Crippen molar-refractivity contribution < 1.29 is 0 Å². The van der Waals surface area contributed by atoms with E-state index in [2.05, 4.69) is 135 Å². The maximum absolute atomic E-state index is 5.40. The highest BCUT2D eigenvalue weighted by atomic mass is 15.1. The molecule has 0 aliphatic heterocycles. The molecule has 188 valence electrons. The number of nitrogens with zero attached hydrogens (tertiary/aromatic N) is 4. The van der Waals surface area contributed by atoms with Crippen molar-refractivity contribution >= 4 is 32.8 Å². The number of fused-ring (bicyclic) bond motifs is 5. The number of hydrogen-bond acceptors (Lipinski definition) is 2. The third-order valence-electron chi connectivity index (χ3n) is 7.61. The van der Waals surface area contributed by atoms with E-state index in [4.69, 9.17) is 4.98 Å². The van der Waals surface area contributed by atoms with Gasteiger partial charge in [0, 0.05) is 28.2 Å². The minimum atomic E-state index is 0.893. The molecule has 0 N–H and O–H groups in total. The van der Waals surface area contributed by atoms with Crippen molar-refractivity contribution in [3.63, 3.8) is 0 Å². The largest absolute Gasteiger partial charge is 0.309 e. The fraction of sp³-hybridized carbons (Fsp3) is 0. The predicted molar refractivity (Wildman–Crippen MR) is 164 cm³/mol. The van der Waals surface area contributed by atoms with E-state index in [1.54, 1.807) is 0 Å². The SMILES string of the molecule is c1ccc(-c2cccc(-c3nc4c5c6ccccc6n(-c6ccccc6)c5ccc4n3-c3cccnc3)c2)cc1. The summed E-state index contributed by atoms with van der Waals surface area (Å²) in [5.74, 6) is 0.893. The molecule has 0 spiro atoms. The summed E-state index contributed by atoms with van der Waals surface area (Å²) >= 11 is 0. The van der Waals surface area contributed by atoms with Gasteiger partial charge < -0.3 is 4.57 Å². The third kappa shape index (κ3) is 3.47. The predicted octanol–water partition coefficient (Wildman–Crippen LogP) is 8.85. The molecule has 0 saturated carbocycles. The zero-order valence-corrected chi connectivity index (χ0v) is 21.6. The lowest BCUT2D eigenvalue weighted by Crippen LogP contribution is -1.98. The molecule has 0 amide bonds. The Morgan fingerprint density at radius 3 is 2.00 bits per heavy atom. The summed E-state index contributed by atoms with van der Waals surface area (Å²) in [6.45, 7) is 0. The van der Waals surface area contributed by atoms with Crippen LogP contribution < -0.4 is 0 Å². The normalized spacial score (nSPS) is 11.5. The monoisotopic (exact) mass is 512 g/mol. The average Bonchev–Trinajstić information content (AvgIpc) is 3.59. The van der Waals surface area contributed by atoms with Gasteiger partial charge in [-0.2, -0.15) is 0 Å². The van der Waals surface area contributed by atoms with Gasteiger partial charge in [-0.15, -0.1) is 0 Å². The molecule has 0 aliphatic rings. The molecule has 0 aliphatic carbocycles. The molecule has 0 radical (unpaired) electrons. The number of aromatic nitrogens is 4. The van der Waals surface area contributed by atoms with Crippen LogP contribution in [0.15, 0.2) is 146 Å². The minimum Gasteiger partial charge on any atom is -0.309 e. The Hall–Kier alpha value is -5.48. The molecule has 40 heavy (non-hydrogen) atoms. The van der Waals surface area contributed by atoms with Crippen molar-refractivity contribution in [2.24, 2.45) is 0 Å². The van der Waals surface area contributed by atoms with Crippen LogP contribution in [0.2, 0.25) is 0 Å². The number of rotatable bonds is 4. The van der Waals surface area contributed by atoms with E-state index in [-0.39, 0.29) is 0 Å². The number of para-hydroxylation sites is 2. The van der Waals surface area contributed by atoms with Gasteiger partial charge in [-0.05, 0) is 59.7 Å². The van der Waals surface area contributed by atoms with E-state index in [0.29, 0.717) is 0 Å². The molecule has 0 bridgehead atoms. The van der Waals surface area contributed by atoms with Crippen molar-refractivity contribution in [3.05, 3.63) is 146 Å². The van der Waals surface area contributed by atoms with Crippen molar-refractivity contribution in [3.8, 4) is 33.9 Å². The standard InChI is InChI=1S/C36H24N4/c1-3-11-25(12-4-1)26-13-9-14-27(23-26)36-38-35-33(40(36)29-17-10-22-37-24-29)21-20-32-34(35)30-18-7-8-19-31(30)39(32)28-15-5-2-6-16-28/h1-24H. The van der Waals surface area contributed by atoms with Gasteiger partial charge in [0.1, 0.15) is 5.82 Å². The molecule has 0 unspecified atom stereocenters. The van der Waals surface area contributed by atoms with E-state index in [1.165, 1.54) is 16.5 Å². The molecule has 4 heteroatoms. The third-order valence-corrected chi connectivity index (χ3v) is 7.61. The van der Waals surface area contributed by atoms with Crippen molar-refractivity contribution in [2.45, 2.75) is 0 Å². The van der Waals surface area contributed by atoms with Crippen LogP contribution in [0.25, 0.3) is 66.7 Å². The highest BCUT2D eigenvalue weighted by molar-refractivity contribution is 6.20. The summed E-state index contributed by atoms with van der Waals surface area (Å²) in [6, 6.07) is 46.8. The zero-order valence-electron chi connectivity index (χ0n) is 21.6. The van der Waals surface area contributed by atoms with Gasteiger partial charge in [0.05, 0.1) is 34.0 Å². The average molecular weight is 513 g/mol. The minimum absolute atomic E-state index is 0.893. The molecule has 5 aromatic carbocycles. The number of benzene rings is 5. The topological polar surface area (TPSA) is 35.6 Å². The molecule has 8 rings (SSSR count). The van der Waals surface area contributed by atoms with Crippen LogP contribution in [0, 0.1) is 0 Å². The highest BCUT2D eigenvalue weighted by Crippen LogP contribution is 2.39. The Kier molecular flexibility index (Phi) is 5.10. The maximum Gasteiger partial charge on any atom is 0.145 e. The van der Waals surface area contributed by atoms with Crippen LogP contribution in [0.1, 0.15) is 0 Å². The van der Waals surface area contributed by atoms with Gasteiger partial charge in [0.2, 0.25) is 0 Å². The van der Waals surface area contributed by atoms with Gasteiger partial charge in [0.25, 0.3) is 0 Å². The molecule has 8 aromatic rings. The summed E-state index contributed by atoms with van der Waals surface area (Å²) < 4.78 is 4.57. The lowest BCUT2D eigenvalue weighted by molar-refractivity contribution is 1.08. The van der Waals surface area contributed by atoms with Crippen molar-refractivity contribution in [1.82, 2.24) is 19.1 Å². The summed E-state index contributed by atoms with van der Waals surface area (Å²) in [7, 11) is 0. The highest BCUT2D eigenvalue weighted by Gasteiger charge is 2.21. The van der Waals surface area contributed by atoms with Gasteiger partial charge in [-0.3, -0.25) is 9.55 Å². The van der Waals surface area contributed by atoms with E-state index in [0.717, 1.165) is 50.3 Å². The first-order valence-corrected chi connectivity index (χ1v) is 13.4. The van der Waals surface area contributed by atoms with Gasteiger partial charge in [0.15, 0.2) is 0 Å². The molecular weight excluding hydrogens is 488 g/mol. The zero-order chi connectivity index (χ0) is 26.5. The maximum atomic E-state index is 5.40.